The highest BCUT2D eigenvalue weighted by molar-refractivity contribution is 5.42. The number of rotatable bonds is 6. The highest BCUT2D eigenvalue weighted by Crippen LogP contribution is 2.39. The molecule has 20 heavy (non-hydrogen) atoms. The largest absolute Gasteiger partial charge is 0.497 e. The van der Waals surface area contributed by atoms with Crippen LogP contribution in [0.1, 0.15) is 50.6 Å². The average Bonchev–Trinajstić information content (AvgIpc) is 2.53. The summed E-state index contributed by atoms with van der Waals surface area (Å²) in [6.07, 6.45) is 6.68. The minimum absolute atomic E-state index is 0.366. The third-order valence-electron chi connectivity index (χ3n) is 4.32. The van der Waals surface area contributed by atoms with Crippen molar-refractivity contribution in [2.45, 2.75) is 45.1 Å². The molecule has 1 N–H and O–H groups in total. The van der Waals surface area contributed by atoms with Gasteiger partial charge in [0.05, 0.1) is 14.2 Å². The molecule has 0 aliphatic heterocycles. The Morgan fingerprint density at radius 1 is 1.15 bits per heavy atom. The van der Waals surface area contributed by atoms with Crippen LogP contribution < -0.4 is 14.8 Å². The van der Waals surface area contributed by atoms with E-state index >= 15 is 0 Å². The van der Waals surface area contributed by atoms with Crippen LogP contribution in [0.25, 0.3) is 0 Å². The van der Waals surface area contributed by atoms with Crippen molar-refractivity contribution < 1.29 is 9.47 Å². The molecule has 3 nitrogen and oxygen atoms in total. The van der Waals surface area contributed by atoms with Crippen LogP contribution in [0, 0.1) is 5.92 Å². The van der Waals surface area contributed by atoms with E-state index in [-0.39, 0.29) is 0 Å². The maximum Gasteiger partial charge on any atom is 0.123 e. The summed E-state index contributed by atoms with van der Waals surface area (Å²) < 4.78 is 11.0. The van der Waals surface area contributed by atoms with Crippen LogP contribution in [-0.4, -0.2) is 20.8 Å². The Morgan fingerprint density at radius 3 is 2.50 bits per heavy atom. The van der Waals surface area contributed by atoms with E-state index in [0.717, 1.165) is 18.0 Å². The van der Waals surface area contributed by atoms with Gasteiger partial charge in [0.2, 0.25) is 0 Å². The van der Waals surface area contributed by atoms with E-state index in [9.17, 15) is 0 Å². The van der Waals surface area contributed by atoms with Crippen molar-refractivity contribution in [1.82, 2.24) is 5.32 Å². The topological polar surface area (TPSA) is 30.5 Å². The summed E-state index contributed by atoms with van der Waals surface area (Å²) in [7, 11) is 3.46. The molecule has 1 atom stereocenters. The Bertz CT molecular complexity index is 413. The number of methoxy groups -OCH3 is 2. The molecule has 0 saturated heterocycles. The highest BCUT2D eigenvalue weighted by atomic mass is 16.5. The van der Waals surface area contributed by atoms with Gasteiger partial charge < -0.3 is 14.8 Å². The molecule has 1 aliphatic rings. The third-order valence-corrected chi connectivity index (χ3v) is 4.32. The first-order chi connectivity index (χ1) is 9.80. The molecule has 1 fully saturated rings. The molecule has 0 spiro atoms. The van der Waals surface area contributed by atoms with Gasteiger partial charge in [0.15, 0.2) is 0 Å². The van der Waals surface area contributed by atoms with Crippen LogP contribution in [0.4, 0.5) is 0 Å². The molecule has 1 aliphatic carbocycles. The minimum atomic E-state index is 0.366. The number of ether oxygens (including phenoxy) is 2. The first-order valence-electron chi connectivity index (χ1n) is 7.75. The minimum Gasteiger partial charge on any atom is -0.497 e. The molecule has 0 amide bonds. The highest BCUT2D eigenvalue weighted by Gasteiger charge is 2.27. The van der Waals surface area contributed by atoms with Crippen molar-refractivity contribution in [3.8, 4) is 11.5 Å². The number of hydrogen-bond acceptors (Lipinski definition) is 3. The van der Waals surface area contributed by atoms with Gasteiger partial charge in [-0.15, -0.1) is 0 Å². The molecule has 1 saturated carbocycles. The normalized spacial score (nSPS) is 17.8. The first kappa shape index (κ1) is 15.2. The second-order valence-corrected chi connectivity index (χ2v) is 5.54. The van der Waals surface area contributed by atoms with E-state index in [1.165, 1.54) is 37.7 Å². The summed E-state index contributed by atoms with van der Waals surface area (Å²) in [5.74, 6) is 2.56. The summed E-state index contributed by atoms with van der Waals surface area (Å²) in [5.41, 5.74) is 1.24. The van der Waals surface area contributed by atoms with Gasteiger partial charge in [0, 0.05) is 11.6 Å². The van der Waals surface area contributed by atoms with Crippen molar-refractivity contribution >= 4 is 0 Å². The predicted molar refractivity (Wildman–Crippen MR) is 82.5 cm³/mol. The van der Waals surface area contributed by atoms with Crippen LogP contribution in [0.2, 0.25) is 0 Å². The number of hydrogen-bond donors (Lipinski definition) is 1. The predicted octanol–water partition coefficient (Wildman–Crippen LogP) is 3.93. The van der Waals surface area contributed by atoms with Crippen LogP contribution in [0.15, 0.2) is 18.2 Å². The molecular weight excluding hydrogens is 250 g/mol. The van der Waals surface area contributed by atoms with E-state index in [2.05, 4.69) is 18.3 Å². The maximum absolute atomic E-state index is 5.57. The van der Waals surface area contributed by atoms with Crippen molar-refractivity contribution in [1.29, 1.82) is 0 Å². The zero-order valence-corrected chi connectivity index (χ0v) is 12.9. The maximum atomic E-state index is 5.57. The Balaban J connectivity index is 2.30. The van der Waals surface area contributed by atoms with Gasteiger partial charge in [-0.1, -0.05) is 26.2 Å². The zero-order valence-electron chi connectivity index (χ0n) is 12.9. The molecule has 0 bridgehead atoms. The van der Waals surface area contributed by atoms with Gasteiger partial charge in [-0.2, -0.15) is 0 Å². The van der Waals surface area contributed by atoms with Crippen LogP contribution in [0.5, 0.6) is 11.5 Å². The summed E-state index contributed by atoms with van der Waals surface area (Å²) in [4.78, 5) is 0. The average molecular weight is 277 g/mol. The zero-order chi connectivity index (χ0) is 14.4. The summed E-state index contributed by atoms with van der Waals surface area (Å²) in [6, 6.07) is 6.47. The fourth-order valence-corrected chi connectivity index (χ4v) is 3.30. The van der Waals surface area contributed by atoms with E-state index in [0.29, 0.717) is 12.0 Å². The van der Waals surface area contributed by atoms with Crippen molar-refractivity contribution in [3.05, 3.63) is 23.8 Å². The van der Waals surface area contributed by atoms with E-state index in [1.807, 2.05) is 12.1 Å². The second-order valence-electron chi connectivity index (χ2n) is 5.54. The van der Waals surface area contributed by atoms with E-state index in [4.69, 9.17) is 9.47 Å². The summed E-state index contributed by atoms with van der Waals surface area (Å²) in [5, 5.41) is 3.66. The van der Waals surface area contributed by atoms with Gasteiger partial charge in [-0.05, 0) is 43.5 Å². The monoisotopic (exact) mass is 277 g/mol. The lowest BCUT2D eigenvalue weighted by molar-refractivity contribution is 0.267. The van der Waals surface area contributed by atoms with Crippen molar-refractivity contribution in [2.24, 2.45) is 5.92 Å². The first-order valence-corrected chi connectivity index (χ1v) is 7.75. The molecule has 1 aromatic rings. The second kappa shape index (κ2) is 7.53. The molecule has 1 unspecified atom stereocenters. The fourth-order valence-electron chi connectivity index (χ4n) is 3.30. The van der Waals surface area contributed by atoms with Crippen LogP contribution in [0.3, 0.4) is 0 Å². The smallest absolute Gasteiger partial charge is 0.123 e. The van der Waals surface area contributed by atoms with Crippen molar-refractivity contribution in [2.75, 3.05) is 20.8 Å². The molecule has 0 aromatic heterocycles. The lowest BCUT2D eigenvalue weighted by Crippen LogP contribution is -2.30. The molecular formula is C17H27NO2. The SMILES string of the molecule is CCNC(c1cc(OC)ccc1OC)C1CCCCC1. The molecule has 0 radical (unpaired) electrons. The van der Waals surface area contributed by atoms with Gasteiger partial charge >= 0.3 is 0 Å². The Hall–Kier alpha value is -1.22. The fraction of sp³-hybridized carbons (Fsp3) is 0.647. The molecule has 3 heteroatoms. The quantitative estimate of drug-likeness (QED) is 0.854. The van der Waals surface area contributed by atoms with Gasteiger partial charge in [-0.3, -0.25) is 0 Å². The van der Waals surface area contributed by atoms with Gasteiger partial charge in [-0.25, -0.2) is 0 Å². The standard InChI is InChI=1S/C17H27NO2/c1-4-18-17(13-8-6-5-7-9-13)15-12-14(19-2)10-11-16(15)20-3/h10-13,17-18H,4-9H2,1-3H3. The van der Waals surface area contributed by atoms with Crippen LogP contribution >= 0.6 is 0 Å². The van der Waals surface area contributed by atoms with Gasteiger partial charge in [0.1, 0.15) is 11.5 Å². The van der Waals surface area contributed by atoms with Gasteiger partial charge in [0.25, 0.3) is 0 Å². The Morgan fingerprint density at radius 2 is 1.90 bits per heavy atom. The Kier molecular flexibility index (Phi) is 5.72. The molecule has 0 heterocycles. The Labute approximate surface area is 122 Å². The summed E-state index contributed by atoms with van der Waals surface area (Å²) in [6.45, 7) is 3.14. The lowest BCUT2D eigenvalue weighted by atomic mass is 9.81. The molecule has 112 valence electrons. The van der Waals surface area contributed by atoms with E-state index in [1.54, 1.807) is 14.2 Å². The summed E-state index contributed by atoms with van der Waals surface area (Å²) >= 11 is 0. The van der Waals surface area contributed by atoms with Crippen LogP contribution in [-0.2, 0) is 0 Å². The van der Waals surface area contributed by atoms with E-state index < -0.39 is 0 Å². The lowest BCUT2D eigenvalue weighted by Gasteiger charge is -2.32. The molecule has 2 rings (SSSR count). The van der Waals surface area contributed by atoms with Crippen molar-refractivity contribution in [3.63, 3.8) is 0 Å². The number of benzene rings is 1. The molecule has 1 aromatic carbocycles. The number of nitrogens with one attached hydrogen (secondary N) is 1. The third kappa shape index (κ3) is 3.45.